The molecular weight excluding hydrogens is 306 g/mol. The fourth-order valence-electron chi connectivity index (χ4n) is 2.86. The van der Waals surface area contributed by atoms with Gasteiger partial charge >= 0.3 is 6.03 Å². The van der Waals surface area contributed by atoms with E-state index >= 15 is 0 Å². The zero-order chi connectivity index (χ0) is 17.7. The van der Waals surface area contributed by atoms with Crippen molar-refractivity contribution < 1.29 is 14.3 Å². The Bertz CT molecular complexity index is 601. The lowest BCUT2D eigenvalue weighted by molar-refractivity contribution is 0.0762. The van der Waals surface area contributed by atoms with Crippen molar-refractivity contribution in [3.8, 4) is 5.75 Å². The van der Waals surface area contributed by atoms with Crippen molar-refractivity contribution in [3.63, 3.8) is 0 Å². The van der Waals surface area contributed by atoms with E-state index in [1.54, 1.807) is 18.1 Å². The second-order valence-electron chi connectivity index (χ2n) is 6.42. The van der Waals surface area contributed by atoms with Crippen LogP contribution in [0, 0.1) is 6.92 Å². The summed E-state index contributed by atoms with van der Waals surface area (Å²) in [6.45, 7) is 8.25. The van der Waals surface area contributed by atoms with E-state index in [9.17, 15) is 9.59 Å². The molecule has 1 heterocycles. The average molecular weight is 333 g/mol. The van der Waals surface area contributed by atoms with Gasteiger partial charge in [0.05, 0.1) is 7.11 Å². The third kappa shape index (κ3) is 4.40. The molecule has 0 saturated carbocycles. The fraction of sp³-hybridized carbons (Fsp3) is 0.556. The number of rotatable bonds is 3. The maximum atomic E-state index is 12.7. The van der Waals surface area contributed by atoms with Crippen LogP contribution in [0.4, 0.5) is 4.79 Å². The molecular formula is C18H27N3O3. The second-order valence-corrected chi connectivity index (χ2v) is 6.42. The SMILES string of the molecule is COc1ccc(C(=O)N2CCCN(C(=O)NC(C)C)CC2)cc1C. The summed E-state index contributed by atoms with van der Waals surface area (Å²) in [6, 6.07) is 5.53. The van der Waals surface area contributed by atoms with Crippen molar-refractivity contribution in [3.05, 3.63) is 29.3 Å². The molecule has 0 radical (unpaired) electrons. The first-order chi connectivity index (χ1) is 11.4. The lowest BCUT2D eigenvalue weighted by atomic mass is 10.1. The lowest BCUT2D eigenvalue weighted by Gasteiger charge is -2.23. The highest BCUT2D eigenvalue weighted by molar-refractivity contribution is 5.94. The molecule has 0 spiro atoms. The van der Waals surface area contributed by atoms with E-state index in [0.717, 1.165) is 17.7 Å². The zero-order valence-corrected chi connectivity index (χ0v) is 15.0. The molecule has 0 atom stereocenters. The number of methoxy groups -OCH3 is 1. The van der Waals surface area contributed by atoms with Crippen LogP contribution in [-0.4, -0.2) is 61.1 Å². The van der Waals surface area contributed by atoms with Crippen molar-refractivity contribution >= 4 is 11.9 Å². The third-order valence-corrected chi connectivity index (χ3v) is 4.12. The number of urea groups is 1. The highest BCUT2D eigenvalue weighted by Gasteiger charge is 2.23. The van der Waals surface area contributed by atoms with Crippen LogP contribution in [0.25, 0.3) is 0 Å². The number of nitrogens with one attached hydrogen (secondary N) is 1. The molecule has 1 aromatic rings. The van der Waals surface area contributed by atoms with E-state index < -0.39 is 0 Å². The number of carbonyl (C=O) groups is 2. The average Bonchev–Trinajstić information content (AvgIpc) is 2.79. The number of hydrogen-bond acceptors (Lipinski definition) is 3. The molecule has 3 amide bonds. The number of nitrogens with zero attached hydrogens (tertiary/aromatic N) is 2. The van der Waals surface area contributed by atoms with E-state index in [-0.39, 0.29) is 18.0 Å². The van der Waals surface area contributed by atoms with Crippen LogP contribution >= 0.6 is 0 Å². The standard InChI is InChI=1S/C18H27N3O3/c1-13(2)19-18(23)21-9-5-8-20(10-11-21)17(22)15-6-7-16(24-4)14(3)12-15/h6-7,12-13H,5,8-11H2,1-4H3,(H,19,23). The van der Waals surface area contributed by atoms with Crippen molar-refractivity contribution in [2.24, 2.45) is 0 Å². The van der Waals surface area contributed by atoms with E-state index in [2.05, 4.69) is 5.32 Å². The Morgan fingerprint density at radius 3 is 2.42 bits per heavy atom. The number of amides is 3. The Balaban J connectivity index is 2.01. The van der Waals surface area contributed by atoms with Gasteiger partial charge in [0.1, 0.15) is 5.75 Å². The van der Waals surface area contributed by atoms with Gasteiger partial charge in [0.15, 0.2) is 0 Å². The normalized spacial score (nSPS) is 15.2. The molecule has 1 aromatic carbocycles. The minimum atomic E-state index is -0.0559. The molecule has 1 aliphatic heterocycles. The van der Waals surface area contributed by atoms with Gasteiger partial charge in [-0.05, 0) is 51.0 Å². The molecule has 1 N–H and O–H groups in total. The second kappa shape index (κ2) is 8.04. The van der Waals surface area contributed by atoms with Gasteiger partial charge in [-0.2, -0.15) is 0 Å². The topological polar surface area (TPSA) is 61.9 Å². The van der Waals surface area contributed by atoms with Crippen LogP contribution in [0.2, 0.25) is 0 Å². The molecule has 6 nitrogen and oxygen atoms in total. The Hall–Kier alpha value is -2.24. The van der Waals surface area contributed by atoms with Crippen LogP contribution < -0.4 is 10.1 Å². The highest BCUT2D eigenvalue weighted by Crippen LogP contribution is 2.20. The van der Waals surface area contributed by atoms with Crippen molar-refractivity contribution in [1.29, 1.82) is 0 Å². The smallest absolute Gasteiger partial charge is 0.317 e. The zero-order valence-electron chi connectivity index (χ0n) is 15.0. The van der Waals surface area contributed by atoms with Gasteiger partial charge in [0.2, 0.25) is 0 Å². The predicted molar refractivity (Wildman–Crippen MR) is 93.5 cm³/mol. The van der Waals surface area contributed by atoms with Crippen LogP contribution in [-0.2, 0) is 0 Å². The third-order valence-electron chi connectivity index (χ3n) is 4.12. The summed E-state index contributed by atoms with van der Waals surface area (Å²) >= 11 is 0. The summed E-state index contributed by atoms with van der Waals surface area (Å²) in [4.78, 5) is 28.5. The number of benzene rings is 1. The fourth-order valence-corrected chi connectivity index (χ4v) is 2.86. The summed E-state index contributed by atoms with van der Waals surface area (Å²) in [7, 11) is 1.62. The van der Waals surface area contributed by atoms with Crippen LogP contribution in [0.3, 0.4) is 0 Å². The summed E-state index contributed by atoms with van der Waals surface area (Å²) in [5, 5.41) is 2.91. The van der Waals surface area contributed by atoms with Crippen LogP contribution in [0.1, 0.15) is 36.2 Å². The molecule has 0 aliphatic carbocycles. The Kier molecular flexibility index (Phi) is 6.06. The first-order valence-electron chi connectivity index (χ1n) is 8.41. The van der Waals surface area contributed by atoms with Gasteiger partial charge in [0, 0.05) is 37.8 Å². The highest BCUT2D eigenvalue weighted by atomic mass is 16.5. The lowest BCUT2D eigenvalue weighted by Crippen LogP contribution is -2.44. The van der Waals surface area contributed by atoms with Gasteiger partial charge in [-0.25, -0.2) is 4.79 Å². The molecule has 1 saturated heterocycles. The number of ether oxygens (including phenoxy) is 1. The molecule has 0 aromatic heterocycles. The van der Waals surface area contributed by atoms with E-state index in [0.29, 0.717) is 31.7 Å². The van der Waals surface area contributed by atoms with Gasteiger partial charge in [-0.1, -0.05) is 0 Å². The summed E-state index contributed by atoms with van der Waals surface area (Å²) in [6.07, 6.45) is 0.784. The summed E-state index contributed by atoms with van der Waals surface area (Å²) < 4.78 is 5.24. The summed E-state index contributed by atoms with van der Waals surface area (Å²) in [5.74, 6) is 0.783. The Morgan fingerprint density at radius 2 is 1.79 bits per heavy atom. The first-order valence-corrected chi connectivity index (χ1v) is 8.41. The molecule has 6 heteroatoms. The number of carbonyl (C=O) groups excluding carboxylic acids is 2. The van der Waals surface area contributed by atoms with Crippen molar-refractivity contribution in [1.82, 2.24) is 15.1 Å². The molecule has 132 valence electrons. The minimum absolute atomic E-state index is 0.00636. The van der Waals surface area contributed by atoms with Gasteiger partial charge in [-0.3, -0.25) is 4.79 Å². The first kappa shape index (κ1) is 18.1. The van der Waals surface area contributed by atoms with Gasteiger partial charge in [0.25, 0.3) is 5.91 Å². The Morgan fingerprint density at radius 1 is 1.12 bits per heavy atom. The number of aryl methyl sites for hydroxylation is 1. The van der Waals surface area contributed by atoms with Crippen LogP contribution in [0.15, 0.2) is 18.2 Å². The monoisotopic (exact) mass is 333 g/mol. The van der Waals surface area contributed by atoms with Gasteiger partial charge < -0.3 is 19.9 Å². The molecule has 2 rings (SSSR count). The minimum Gasteiger partial charge on any atom is -0.496 e. The molecule has 24 heavy (non-hydrogen) atoms. The molecule has 1 fully saturated rings. The molecule has 0 bridgehead atoms. The van der Waals surface area contributed by atoms with E-state index in [1.165, 1.54) is 0 Å². The summed E-state index contributed by atoms with van der Waals surface area (Å²) in [5.41, 5.74) is 1.60. The number of hydrogen-bond donors (Lipinski definition) is 1. The molecule has 0 unspecified atom stereocenters. The van der Waals surface area contributed by atoms with Crippen LogP contribution in [0.5, 0.6) is 5.75 Å². The van der Waals surface area contributed by atoms with E-state index in [1.807, 2.05) is 37.8 Å². The maximum absolute atomic E-state index is 12.7. The predicted octanol–water partition coefficient (Wildman–Crippen LogP) is 2.27. The van der Waals surface area contributed by atoms with Crippen molar-refractivity contribution in [2.45, 2.75) is 33.2 Å². The quantitative estimate of drug-likeness (QED) is 0.923. The van der Waals surface area contributed by atoms with Gasteiger partial charge in [-0.15, -0.1) is 0 Å². The largest absolute Gasteiger partial charge is 0.496 e. The molecule has 1 aliphatic rings. The Labute approximate surface area is 143 Å². The van der Waals surface area contributed by atoms with Crippen molar-refractivity contribution in [2.75, 3.05) is 33.3 Å². The maximum Gasteiger partial charge on any atom is 0.317 e. The van der Waals surface area contributed by atoms with E-state index in [4.69, 9.17) is 4.74 Å².